The molecule has 3 rings (SSSR count). The second-order valence-corrected chi connectivity index (χ2v) is 7.52. The molecule has 0 atom stereocenters. The minimum Gasteiger partial charge on any atom is -0.493 e. The van der Waals surface area contributed by atoms with Crippen LogP contribution in [0.25, 0.3) is 10.9 Å². The van der Waals surface area contributed by atoms with Gasteiger partial charge >= 0.3 is 0 Å². The number of hydrogen-bond acceptors (Lipinski definition) is 6. The zero-order chi connectivity index (χ0) is 21.8. The molecule has 0 bridgehead atoms. The van der Waals surface area contributed by atoms with Gasteiger partial charge in [-0.2, -0.15) is 9.78 Å². The van der Waals surface area contributed by atoms with E-state index in [-0.39, 0.29) is 22.9 Å². The van der Waals surface area contributed by atoms with Crippen molar-refractivity contribution in [2.45, 2.75) is 13.3 Å². The molecule has 1 heterocycles. The first kappa shape index (κ1) is 21.8. The van der Waals surface area contributed by atoms with Crippen molar-refractivity contribution in [3.05, 3.63) is 61.6 Å². The molecule has 0 radical (unpaired) electrons. The highest BCUT2D eigenvalue weighted by Crippen LogP contribution is 2.36. The van der Waals surface area contributed by atoms with Crippen LogP contribution in [0, 0.1) is 0 Å². The van der Waals surface area contributed by atoms with Crippen molar-refractivity contribution in [3.8, 4) is 11.5 Å². The van der Waals surface area contributed by atoms with Gasteiger partial charge in [-0.25, -0.2) is 4.98 Å². The Balaban J connectivity index is 2.04. The van der Waals surface area contributed by atoms with Crippen molar-refractivity contribution in [1.82, 2.24) is 9.66 Å². The molecule has 156 valence electrons. The summed E-state index contributed by atoms with van der Waals surface area (Å²) in [5.41, 5.74) is 5.99. The van der Waals surface area contributed by atoms with E-state index in [9.17, 15) is 9.59 Å². The summed E-state index contributed by atoms with van der Waals surface area (Å²) in [7, 11) is 1.44. The largest absolute Gasteiger partial charge is 0.493 e. The van der Waals surface area contributed by atoms with Crippen LogP contribution in [0.2, 0.25) is 5.02 Å². The molecule has 0 saturated carbocycles. The smallest absolute Gasteiger partial charge is 0.282 e. The van der Waals surface area contributed by atoms with Gasteiger partial charge in [-0.15, -0.1) is 0 Å². The van der Waals surface area contributed by atoms with Gasteiger partial charge in [0, 0.05) is 10.9 Å². The molecule has 0 fully saturated rings. The molecule has 2 N–H and O–H groups in total. The molecule has 0 saturated heterocycles. The molecule has 0 unspecified atom stereocenters. The summed E-state index contributed by atoms with van der Waals surface area (Å²) in [6, 6.07) is 8.52. The molecule has 1 aromatic heterocycles. The SMILES string of the molecule is CCc1nc2ccc(Br)cc2c(=O)n1N=Cc1cc(Cl)c(OCC(N)=O)c(OC)c1. The number of primary amides is 1. The van der Waals surface area contributed by atoms with Gasteiger partial charge in [0.1, 0.15) is 5.82 Å². The fourth-order valence-corrected chi connectivity index (χ4v) is 3.40. The van der Waals surface area contributed by atoms with Gasteiger partial charge < -0.3 is 15.2 Å². The van der Waals surface area contributed by atoms with Gasteiger partial charge in [-0.1, -0.05) is 34.5 Å². The molecule has 0 aliphatic rings. The fraction of sp³-hybridized carbons (Fsp3) is 0.200. The minimum atomic E-state index is -0.638. The average molecular weight is 494 g/mol. The van der Waals surface area contributed by atoms with E-state index in [1.54, 1.807) is 24.3 Å². The summed E-state index contributed by atoms with van der Waals surface area (Å²) in [6.07, 6.45) is 1.99. The van der Waals surface area contributed by atoms with Crippen LogP contribution < -0.4 is 20.8 Å². The van der Waals surface area contributed by atoms with E-state index < -0.39 is 5.91 Å². The minimum absolute atomic E-state index is 0.193. The normalized spacial score (nSPS) is 11.2. The number of nitrogens with two attached hydrogens (primary N) is 1. The third kappa shape index (κ3) is 4.63. The van der Waals surface area contributed by atoms with E-state index in [1.807, 2.05) is 13.0 Å². The van der Waals surface area contributed by atoms with E-state index in [4.69, 9.17) is 26.8 Å². The lowest BCUT2D eigenvalue weighted by Crippen LogP contribution is -2.22. The molecule has 0 spiro atoms. The summed E-state index contributed by atoms with van der Waals surface area (Å²) in [5.74, 6) is 0.374. The van der Waals surface area contributed by atoms with Crippen LogP contribution >= 0.6 is 27.5 Å². The first-order valence-corrected chi connectivity index (χ1v) is 10.0. The number of hydrogen-bond donors (Lipinski definition) is 1. The standard InChI is InChI=1S/C20H18BrClN4O4/c1-3-18-25-15-5-4-12(21)8-13(15)20(28)26(18)24-9-11-6-14(22)19(16(7-11)29-2)30-10-17(23)27/h4-9H,3,10H2,1-2H3,(H2,23,27). The maximum absolute atomic E-state index is 12.9. The Kier molecular flexibility index (Phi) is 6.73. The van der Waals surface area contributed by atoms with Gasteiger partial charge in [-0.05, 0) is 35.9 Å². The Morgan fingerprint density at radius 3 is 2.80 bits per heavy atom. The van der Waals surface area contributed by atoms with E-state index in [2.05, 4.69) is 26.0 Å². The Hall–Kier alpha value is -2.91. The number of aryl methyl sites for hydroxylation is 1. The van der Waals surface area contributed by atoms with Gasteiger partial charge in [0.05, 0.1) is 29.2 Å². The molecule has 30 heavy (non-hydrogen) atoms. The first-order chi connectivity index (χ1) is 14.3. The Bertz CT molecular complexity index is 1210. The van der Waals surface area contributed by atoms with Crippen LogP contribution in [0.15, 0.2) is 44.7 Å². The van der Waals surface area contributed by atoms with Crippen LogP contribution in [0.5, 0.6) is 11.5 Å². The molecule has 1 amide bonds. The Labute approximate surface area is 185 Å². The highest BCUT2D eigenvalue weighted by Gasteiger charge is 2.13. The van der Waals surface area contributed by atoms with Crippen LogP contribution in [-0.4, -0.2) is 35.5 Å². The molecule has 0 aliphatic heterocycles. The second kappa shape index (κ2) is 9.27. The molecular formula is C20H18BrClN4O4. The van der Waals surface area contributed by atoms with Gasteiger partial charge in [0.2, 0.25) is 0 Å². The third-order valence-electron chi connectivity index (χ3n) is 4.12. The number of halogens is 2. The molecule has 8 nitrogen and oxygen atoms in total. The van der Waals surface area contributed by atoms with Crippen molar-refractivity contribution in [3.63, 3.8) is 0 Å². The topological polar surface area (TPSA) is 109 Å². The summed E-state index contributed by atoms with van der Waals surface area (Å²) < 4.78 is 12.6. The number of ether oxygens (including phenoxy) is 2. The average Bonchev–Trinajstić information content (AvgIpc) is 2.71. The maximum atomic E-state index is 12.9. The number of rotatable bonds is 7. The van der Waals surface area contributed by atoms with Crippen LogP contribution in [-0.2, 0) is 11.2 Å². The van der Waals surface area contributed by atoms with Crippen molar-refractivity contribution in [1.29, 1.82) is 0 Å². The summed E-state index contributed by atoms with van der Waals surface area (Å²) in [6.45, 7) is 1.56. The number of benzene rings is 2. The van der Waals surface area contributed by atoms with Crippen LogP contribution in [0.1, 0.15) is 18.3 Å². The number of carbonyl (C=O) groups excluding carboxylic acids is 1. The number of methoxy groups -OCH3 is 1. The summed E-state index contributed by atoms with van der Waals surface area (Å²) in [4.78, 5) is 28.4. The van der Waals surface area contributed by atoms with Crippen molar-refractivity contribution in [2.75, 3.05) is 13.7 Å². The highest BCUT2D eigenvalue weighted by molar-refractivity contribution is 9.10. The lowest BCUT2D eigenvalue weighted by atomic mass is 10.2. The lowest BCUT2D eigenvalue weighted by molar-refractivity contribution is -0.119. The second-order valence-electron chi connectivity index (χ2n) is 6.19. The molecule has 10 heteroatoms. The van der Waals surface area contributed by atoms with Crippen molar-refractivity contribution in [2.24, 2.45) is 10.8 Å². The predicted octanol–water partition coefficient (Wildman–Crippen LogP) is 3.13. The van der Waals surface area contributed by atoms with Crippen molar-refractivity contribution >= 4 is 50.6 Å². The summed E-state index contributed by atoms with van der Waals surface area (Å²) >= 11 is 9.63. The predicted molar refractivity (Wildman–Crippen MR) is 119 cm³/mol. The number of fused-ring (bicyclic) bond motifs is 1. The maximum Gasteiger partial charge on any atom is 0.282 e. The lowest BCUT2D eigenvalue weighted by Gasteiger charge is -2.12. The molecular weight excluding hydrogens is 476 g/mol. The quantitative estimate of drug-likeness (QED) is 0.509. The number of nitrogens with zero attached hydrogens (tertiary/aromatic N) is 3. The van der Waals surface area contributed by atoms with Gasteiger partial charge in [0.15, 0.2) is 18.1 Å². The van der Waals surface area contributed by atoms with Gasteiger partial charge in [0.25, 0.3) is 11.5 Å². The van der Waals surface area contributed by atoms with E-state index in [0.29, 0.717) is 34.5 Å². The third-order valence-corrected chi connectivity index (χ3v) is 4.90. The zero-order valence-electron chi connectivity index (χ0n) is 16.2. The van der Waals surface area contributed by atoms with E-state index in [0.717, 1.165) is 4.47 Å². The monoisotopic (exact) mass is 492 g/mol. The fourth-order valence-electron chi connectivity index (χ4n) is 2.76. The van der Waals surface area contributed by atoms with E-state index in [1.165, 1.54) is 18.0 Å². The number of aromatic nitrogens is 2. The Morgan fingerprint density at radius 2 is 2.13 bits per heavy atom. The molecule has 3 aromatic rings. The molecule has 0 aliphatic carbocycles. The molecule has 2 aromatic carbocycles. The number of amides is 1. The van der Waals surface area contributed by atoms with Crippen molar-refractivity contribution < 1.29 is 14.3 Å². The Morgan fingerprint density at radius 1 is 1.37 bits per heavy atom. The number of carbonyl (C=O) groups is 1. The summed E-state index contributed by atoms with van der Waals surface area (Å²) in [5, 5.41) is 4.98. The first-order valence-electron chi connectivity index (χ1n) is 8.88. The van der Waals surface area contributed by atoms with Crippen LogP contribution in [0.3, 0.4) is 0 Å². The highest BCUT2D eigenvalue weighted by atomic mass is 79.9. The van der Waals surface area contributed by atoms with E-state index >= 15 is 0 Å². The zero-order valence-corrected chi connectivity index (χ0v) is 18.5. The van der Waals surface area contributed by atoms with Gasteiger partial charge in [-0.3, -0.25) is 9.59 Å². The van der Waals surface area contributed by atoms with Crippen LogP contribution in [0.4, 0.5) is 0 Å².